The molecule has 0 spiro atoms. The highest BCUT2D eigenvalue weighted by Gasteiger charge is 2.29. The number of hydrogen-bond donors (Lipinski definition) is 5. The number of carbonyl (C=O) groups is 2. The lowest BCUT2D eigenvalue weighted by molar-refractivity contribution is 0.0593. The van der Waals surface area contributed by atoms with Gasteiger partial charge in [0, 0.05) is 0 Å². The molecule has 8 heteroatoms. The molecule has 8 nitrogen and oxygen atoms in total. The van der Waals surface area contributed by atoms with Crippen LogP contribution in [-0.4, -0.2) is 44.4 Å². The minimum atomic E-state index is -1.11. The minimum absolute atomic E-state index is 0.148. The Morgan fingerprint density at radius 3 is 1.83 bits per heavy atom. The second kappa shape index (κ2) is 6.47. The number of hydrogen-bond acceptors (Lipinski definition) is 8. The number of benzene rings is 2. The quantitative estimate of drug-likeness (QED) is 0.316. The normalized spacial score (nSPS) is 10.4. The van der Waals surface area contributed by atoms with Crippen LogP contribution in [0.2, 0.25) is 0 Å². The zero-order chi connectivity index (χ0) is 18.0. The lowest BCUT2D eigenvalue weighted by Crippen LogP contribution is -2.12. The molecule has 0 aromatic heterocycles. The molecule has 2 aromatic carbocycles. The molecule has 0 aliphatic heterocycles. The van der Waals surface area contributed by atoms with Crippen LogP contribution in [-0.2, 0) is 11.3 Å². The molecule has 0 saturated carbocycles. The van der Waals surface area contributed by atoms with Gasteiger partial charge in [-0.25, -0.2) is 4.79 Å². The first-order valence-corrected chi connectivity index (χ1v) is 6.65. The highest BCUT2D eigenvalue weighted by molar-refractivity contribution is 6.19. The van der Waals surface area contributed by atoms with Gasteiger partial charge in [0.25, 0.3) is 0 Å². The number of phenols is 4. The highest BCUT2D eigenvalue weighted by Crippen LogP contribution is 2.37. The summed E-state index contributed by atoms with van der Waals surface area (Å²) in [5, 5.41) is 48.6. The van der Waals surface area contributed by atoms with Crippen LogP contribution < -0.4 is 0 Å². The van der Waals surface area contributed by atoms with Gasteiger partial charge in [0.1, 0.15) is 34.1 Å². The number of esters is 1. The molecule has 2 rings (SSSR count). The molecule has 0 atom stereocenters. The summed E-state index contributed by atoms with van der Waals surface area (Å²) >= 11 is 0. The van der Waals surface area contributed by atoms with Crippen LogP contribution in [0.25, 0.3) is 0 Å². The Hall–Kier alpha value is -3.26. The molecule has 0 aliphatic carbocycles. The lowest BCUT2D eigenvalue weighted by Gasteiger charge is -2.13. The number of ether oxygens (including phenoxy) is 1. The number of carbonyl (C=O) groups excluding carboxylic acids is 2. The van der Waals surface area contributed by atoms with Gasteiger partial charge in [0.2, 0.25) is 5.78 Å². The predicted molar refractivity (Wildman–Crippen MR) is 80.2 cm³/mol. The molecule has 2 aromatic rings. The van der Waals surface area contributed by atoms with Crippen LogP contribution in [0.3, 0.4) is 0 Å². The molecule has 0 unspecified atom stereocenters. The van der Waals surface area contributed by atoms with E-state index in [-0.39, 0.29) is 5.56 Å². The molecule has 24 heavy (non-hydrogen) atoms. The molecular weight excluding hydrogens is 320 g/mol. The summed E-state index contributed by atoms with van der Waals surface area (Å²) in [5.74, 6) is -4.79. The van der Waals surface area contributed by atoms with Crippen LogP contribution >= 0.6 is 0 Å². The lowest BCUT2D eigenvalue weighted by atomic mass is 9.94. The maximum absolute atomic E-state index is 12.6. The average Bonchev–Trinajstić information content (AvgIpc) is 2.54. The van der Waals surface area contributed by atoms with E-state index in [9.17, 15) is 30.0 Å². The number of aliphatic hydroxyl groups excluding tert-OH is 1. The monoisotopic (exact) mass is 334 g/mol. The van der Waals surface area contributed by atoms with E-state index in [4.69, 9.17) is 5.11 Å². The molecule has 5 N–H and O–H groups in total. The Morgan fingerprint density at radius 1 is 0.875 bits per heavy atom. The molecular formula is C16H14O8. The third-order valence-corrected chi connectivity index (χ3v) is 3.34. The van der Waals surface area contributed by atoms with E-state index in [0.29, 0.717) is 0 Å². The summed E-state index contributed by atoms with van der Waals surface area (Å²) < 4.78 is 4.48. The van der Waals surface area contributed by atoms with Crippen molar-refractivity contribution in [2.24, 2.45) is 0 Å². The van der Waals surface area contributed by atoms with Crippen LogP contribution in [0.4, 0.5) is 0 Å². The Labute approximate surface area is 135 Å². The first-order valence-electron chi connectivity index (χ1n) is 6.65. The fourth-order valence-corrected chi connectivity index (χ4v) is 2.24. The standard InChI is InChI=1S/C16H14O8/c1-24-16(23)14-9(19)3-2-8(18)13(14)15(22)12-10(20)4-7(6-17)5-11(12)21/h2-5,17-21H,6H2,1H3. The Kier molecular flexibility index (Phi) is 4.61. The van der Waals surface area contributed by atoms with E-state index >= 15 is 0 Å². The van der Waals surface area contributed by atoms with Crippen molar-refractivity contribution in [2.75, 3.05) is 7.11 Å². The summed E-state index contributed by atoms with van der Waals surface area (Å²) in [7, 11) is 1.02. The second-order valence-electron chi connectivity index (χ2n) is 4.84. The minimum Gasteiger partial charge on any atom is -0.507 e. The first-order chi connectivity index (χ1) is 11.3. The Morgan fingerprint density at radius 2 is 1.38 bits per heavy atom. The Balaban J connectivity index is 2.72. The fourth-order valence-electron chi connectivity index (χ4n) is 2.24. The highest BCUT2D eigenvalue weighted by atomic mass is 16.5. The van der Waals surface area contributed by atoms with Gasteiger partial charge in [-0.05, 0) is 29.8 Å². The van der Waals surface area contributed by atoms with E-state index in [0.717, 1.165) is 31.4 Å². The fraction of sp³-hybridized carbons (Fsp3) is 0.125. The maximum atomic E-state index is 12.6. The van der Waals surface area contributed by atoms with E-state index in [1.54, 1.807) is 0 Å². The molecule has 0 amide bonds. The third kappa shape index (κ3) is 2.82. The summed E-state index contributed by atoms with van der Waals surface area (Å²) in [6, 6.07) is 4.06. The number of methoxy groups -OCH3 is 1. The van der Waals surface area contributed by atoms with Crippen molar-refractivity contribution in [1.82, 2.24) is 0 Å². The zero-order valence-electron chi connectivity index (χ0n) is 12.5. The molecule has 0 saturated heterocycles. The van der Waals surface area contributed by atoms with Crippen molar-refractivity contribution in [2.45, 2.75) is 6.61 Å². The summed E-state index contributed by atoms with van der Waals surface area (Å²) in [4.78, 5) is 24.5. The molecule has 0 bridgehead atoms. The average molecular weight is 334 g/mol. The van der Waals surface area contributed by atoms with Gasteiger partial charge >= 0.3 is 5.97 Å². The summed E-state index contributed by atoms with van der Waals surface area (Å²) in [6.45, 7) is -0.486. The number of phenolic OH excluding ortho intramolecular Hbond substituents is 4. The van der Waals surface area contributed by atoms with Gasteiger partial charge in [0.05, 0.1) is 19.3 Å². The molecule has 0 heterocycles. The first kappa shape index (κ1) is 17.1. The van der Waals surface area contributed by atoms with Crippen molar-refractivity contribution in [1.29, 1.82) is 0 Å². The van der Waals surface area contributed by atoms with E-state index in [1.165, 1.54) is 0 Å². The second-order valence-corrected chi connectivity index (χ2v) is 4.84. The Bertz CT molecular complexity index is 802. The van der Waals surface area contributed by atoms with Gasteiger partial charge in [-0.1, -0.05) is 0 Å². The predicted octanol–water partition coefficient (Wildman–Crippen LogP) is 1.02. The van der Waals surface area contributed by atoms with Gasteiger partial charge in [0.15, 0.2) is 0 Å². The van der Waals surface area contributed by atoms with E-state index in [2.05, 4.69) is 4.74 Å². The number of aromatic hydroxyl groups is 4. The van der Waals surface area contributed by atoms with Gasteiger partial charge < -0.3 is 30.3 Å². The number of ketones is 1. The summed E-state index contributed by atoms with van der Waals surface area (Å²) in [6.07, 6.45) is 0. The molecule has 0 radical (unpaired) electrons. The van der Waals surface area contributed by atoms with E-state index < -0.39 is 58.0 Å². The van der Waals surface area contributed by atoms with Gasteiger partial charge in [-0.3, -0.25) is 4.79 Å². The maximum Gasteiger partial charge on any atom is 0.342 e. The molecule has 0 aliphatic rings. The number of aliphatic hydroxyl groups is 1. The van der Waals surface area contributed by atoms with Crippen molar-refractivity contribution in [3.63, 3.8) is 0 Å². The summed E-state index contributed by atoms with van der Waals surface area (Å²) in [5.41, 5.74) is -1.69. The molecule has 0 fully saturated rings. The van der Waals surface area contributed by atoms with Crippen LogP contribution in [0.5, 0.6) is 23.0 Å². The van der Waals surface area contributed by atoms with Crippen molar-refractivity contribution in [3.05, 3.63) is 46.5 Å². The van der Waals surface area contributed by atoms with E-state index in [1.807, 2.05) is 0 Å². The van der Waals surface area contributed by atoms with Crippen molar-refractivity contribution < 1.29 is 39.9 Å². The van der Waals surface area contributed by atoms with Crippen LogP contribution in [0.1, 0.15) is 31.8 Å². The number of rotatable bonds is 4. The topological polar surface area (TPSA) is 145 Å². The van der Waals surface area contributed by atoms with Crippen molar-refractivity contribution in [3.8, 4) is 23.0 Å². The van der Waals surface area contributed by atoms with Gasteiger partial charge in [-0.2, -0.15) is 0 Å². The van der Waals surface area contributed by atoms with Crippen molar-refractivity contribution >= 4 is 11.8 Å². The SMILES string of the molecule is COC(=O)c1c(O)ccc(O)c1C(=O)c1c(O)cc(CO)cc1O. The third-order valence-electron chi connectivity index (χ3n) is 3.34. The van der Waals surface area contributed by atoms with Crippen LogP contribution in [0, 0.1) is 0 Å². The van der Waals surface area contributed by atoms with Crippen LogP contribution in [0.15, 0.2) is 24.3 Å². The van der Waals surface area contributed by atoms with Gasteiger partial charge in [-0.15, -0.1) is 0 Å². The zero-order valence-corrected chi connectivity index (χ0v) is 12.5. The smallest absolute Gasteiger partial charge is 0.342 e. The largest absolute Gasteiger partial charge is 0.507 e. The molecule has 126 valence electrons.